The average molecular weight is 496 g/mol. The van der Waals surface area contributed by atoms with Gasteiger partial charge in [0.15, 0.2) is 0 Å². The molecular weight excluding hydrogens is 466 g/mol. The molecule has 0 spiro atoms. The summed E-state index contributed by atoms with van der Waals surface area (Å²) in [6.07, 6.45) is 0. The van der Waals surface area contributed by atoms with Gasteiger partial charge < -0.3 is 10.3 Å². The van der Waals surface area contributed by atoms with E-state index < -0.39 is 0 Å². The highest BCUT2D eigenvalue weighted by molar-refractivity contribution is 7.99. The number of aromatic nitrogens is 4. The summed E-state index contributed by atoms with van der Waals surface area (Å²) in [5.41, 5.74) is 5.08. The largest absolute Gasteiger partial charge is 0.351 e. The zero-order chi connectivity index (χ0) is 24.4. The van der Waals surface area contributed by atoms with Crippen molar-refractivity contribution in [1.29, 1.82) is 0 Å². The van der Waals surface area contributed by atoms with E-state index in [0.717, 1.165) is 32.2 Å². The minimum atomic E-state index is -0.284. The SMILES string of the molecule is Cc1nn(Cc2ccccc2)c(C)c1CNC(=O)C(C)SCc1nc2sc(C)c(C)c2c(=O)[nH]1. The highest BCUT2D eigenvalue weighted by Gasteiger charge is 2.18. The molecule has 0 aliphatic heterocycles. The normalized spacial score (nSPS) is 12.3. The van der Waals surface area contributed by atoms with Crippen molar-refractivity contribution >= 4 is 39.2 Å². The second-order valence-electron chi connectivity index (χ2n) is 8.44. The Kier molecular flexibility index (Phi) is 7.23. The van der Waals surface area contributed by atoms with Gasteiger partial charge in [-0.15, -0.1) is 23.1 Å². The molecule has 7 nitrogen and oxygen atoms in total. The number of aromatic amines is 1. The number of benzene rings is 1. The van der Waals surface area contributed by atoms with Crippen molar-refractivity contribution in [2.75, 3.05) is 0 Å². The zero-order valence-electron chi connectivity index (χ0n) is 20.1. The first-order chi connectivity index (χ1) is 16.2. The van der Waals surface area contributed by atoms with Crippen LogP contribution in [-0.4, -0.2) is 30.9 Å². The van der Waals surface area contributed by atoms with Crippen LogP contribution in [0.3, 0.4) is 0 Å². The summed E-state index contributed by atoms with van der Waals surface area (Å²) in [5, 5.41) is 8.09. The predicted molar refractivity (Wildman–Crippen MR) is 140 cm³/mol. The van der Waals surface area contributed by atoms with Crippen LogP contribution in [0.15, 0.2) is 35.1 Å². The third-order valence-electron chi connectivity index (χ3n) is 6.07. The van der Waals surface area contributed by atoms with Crippen molar-refractivity contribution in [3.63, 3.8) is 0 Å². The third-order valence-corrected chi connectivity index (χ3v) is 8.33. The number of thiophene rings is 1. The molecule has 1 unspecified atom stereocenters. The van der Waals surface area contributed by atoms with Crippen LogP contribution < -0.4 is 10.9 Å². The second-order valence-corrected chi connectivity index (χ2v) is 11.0. The highest BCUT2D eigenvalue weighted by Crippen LogP contribution is 2.26. The molecule has 1 aromatic carbocycles. The number of hydrogen-bond donors (Lipinski definition) is 2. The van der Waals surface area contributed by atoms with Crippen LogP contribution in [0.5, 0.6) is 0 Å². The lowest BCUT2D eigenvalue weighted by atomic mass is 10.2. The van der Waals surface area contributed by atoms with Crippen molar-refractivity contribution in [1.82, 2.24) is 25.1 Å². The number of aryl methyl sites for hydroxylation is 3. The monoisotopic (exact) mass is 495 g/mol. The molecule has 1 amide bonds. The van der Waals surface area contributed by atoms with E-state index in [1.54, 1.807) is 0 Å². The summed E-state index contributed by atoms with van der Waals surface area (Å²) in [7, 11) is 0. The first-order valence-electron chi connectivity index (χ1n) is 11.2. The van der Waals surface area contributed by atoms with Gasteiger partial charge in [-0.25, -0.2) is 4.98 Å². The minimum absolute atomic E-state index is 0.0501. The zero-order valence-corrected chi connectivity index (χ0v) is 21.7. The molecule has 0 saturated carbocycles. The van der Waals surface area contributed by atoms with Gasteiger partial charge in [0, 0.05) is 22.7 Å². The van der Waals surface area contributed by atoms with E-state index in [4.69, 9.17) is 0 Å². The Morgan fingerprint density at radius 3 is 2.68 bits per heavy atom. The molecule has 0 aliphatic carbocycles. The fraction of sp³-hybridized carbons (Fsp3) is 0.360. The quantitative estimate of drug-likeness (QED) is 0.378. The molecule has 0 saturated heterocycles. The molecule has 4 rings (SSSR count). The Bertz CT molecular complexity index is 1390. The number of nitrogens with zero attached hydrogens (tertiary/aromatic N) is 3. The predicted octanol–water partition coefficient (Wildman–Crippen LogP) is 4.40. The van der Waals surface area contributed by atoms with Crippen LogP contribution in [0.4, 0.5) is 0 Å². The summed E-state index contributed by atoms with van der Waals surface area (Å²) in [6, 6.07) is 10.2. The first-order valence-corrected chi connectivity index (χ1v) is 13.1. The third kappa shape index (κ3) is 5.10. The number of carbonyl (C=O) groups is 1. The van der Waals surface area contributed by atoms with Crippen molar-refractivity contribution in [3.8, 4) is 0 Å². The van der Waals surface area contributed by atoms with E-state index >= 15 is 0 Å². The van der Waals surface area contributed by atoms with Gasteiger partial charge in [-0.2, -0.15) is 5.10 Å². The van der Waals surface area contributed by atoms with Crippen LogP contribution in [0.1, 0.15) is 45.7 Å². The maximum absolute atomic E-state index is 12.7. The molecule has 9 heteroatoms. The molecule has 0 fully saturated rings. The van der Waals surface area contributed by atoms with Crippen LogP contribution in [0.2, 0.25) is 0 Å². The number of fused-ring (bicyclic) bond motifs is 1. The van der Waals surface area contributed by atoms with E-state index in [0.29, 0.717) is 30.1 Å². The summed E-state index contributed by atoms with van der Waals surface area (Å²) in [4.78, 5) is 34.5. The van der Waals surface area contributed by atoms with Crippen LogP contribution in [0, 0.1) is 27.7 Å². The van der Waals surface area contributed by atoms with E-state index in [9.17, 15) is 9.59 Å². The first kappa shape index (κ1) is 24.2. The Balaban J connectivity index is 1.35. The van der Waals surface area contributed by atoms with E-state index in [2.05, 4.69) is 32.5 Å². The molecule has 3 heterocycles. The van der Waals surface area contributed by atoms with Gasteiger partial charge in [0.1, 0.15) is 10.7 Å². The second kappa shape index (κ2) is 10.1. The Labute approximate surface area is 207 Å². The number of amides is 1. The number of H-pyrrole nitrogens is 1. The van der Waals surface area contributed by atoms with Gasteiger partial charge in [0.05, 0.1) is 28.6 Å². The lowest BCUT2D eigenvalue weighted by molar-refractivity contribution is -0.120. The topological polar surface area (TPSA) is 92.7 Å². The fourth-order valence-electron chi connectivity index (χ4n) is 3.87. The summed E-state index contributed by atoms with van der Waals surface area (Å²) >= 11 is 2.99. The van der Waals surface area contributed by atoms with Crippen molar-refractivity contribution in [2.24, 2.45) is 0 Å². The molecule has 0 aliphatic rings. The van der Waals surface area contributed by atoms with Gasteiger partial charge >= 0.3 is 0 Å². The molecule has 3 aromatic heterocycles. The molecule has 4 aromatic rings. The summed E-state index contributed by atoms with van der Waals surface area (Å²) in [6.45, 7) is 11.0. The van der Waals surface area contributed by atoms with Crippen LogP contribution in [0.25, 0.3) is 10.2 Å². The number of carbonyl (C=O) groups excluding carboxylic acids is 1. The molecule has 178 valence electrons. The molecular formula is C25H29N5O2S2. The highest BCUT2D eigenvalue weighted by atomic mass is 32.2. The fourth-order valence-corrected chi connectivity index (χ4v) is 5.69. The van der Waals surface area contributed by atoms with Crippen molar-refractivity contribution < 1.29 is 4.79 Å². The Hall–Kier alpha value is -2.91. The number of hydrogen-bond acceptors (Lipinski definition) is 6. The molecule has 2 N–H and O–H groups in total. The van der Waals surface area contributed by atoms with Gasteiger partial charge in [0.2, 0.25) is 5.91 Å². The average Bonchev–Trinajstić information content (AvgIpc) is 3.25. The molecule has 0 bridgehead atoms. The standard InChI is InChI=1S/C25H29N5O2S2/c1-14-17(4)34-25-22(14)24(32)27-21(28-25)13-33-18(5)23(31)26-11-20-15(2)29-30(16(20)3)12-19-9-7-6-8-10-19/h6-10,18H,11-13H2,1-5H3,(H,26,31)(H,27,28,32). The van der Waals surface area contributed by atoms with Crippen molar-refractivity contribution in [3.05, 3.63) is 79.5 Å². The van der Waals surface area contributed by atoms with Gasteiger partial charge in [-0.3, -0.25) is 14.3 Å². The summed E-state index contributed by atoms with van der Waals surface area (Å²) in [5.74, 6) is 1.01. The van der Waals surface area contributed by atoms with E-state index in [1.165, 1.54) is 28.7 Å². The van der Waals surface area contributed by atoms with Crippen LogP contribution >= 0.6 is 23.1 Å². The lowest BCUT2D eigenvalue weighted by Gasteiger charge is -2.12. The number of nitrogens with one attached hydrogen (secondary N) is 2. The maximum atomic E-state index is 12.7. The molecule has 1 atom stereocenters. The Morgan fingerprint density at radius 2 is 1.94 bits per heavy atom. The van der Waals surface area contributed by atoms with Gasteiger partial charge in [0.25, 0.3) is 5.56 Å². The number of rotatable bonds is 8. The summed E-state index contributed by atoms with van der Waals surface area (Å²) < 4.78 is 1.98. The maximum Gasteiger partial charge on any atom is 0.259 e. The lowest BCUT2D eigenvalue weighted by Crippen LogP contribution is -2.31. The van der Waals surface area contributed by atoms with E-state index in [1.807, 2.05) is 57.5 Å². The van der Waals surface area contributed by atoms with Gasteiger partial charge in [-0.05, 0) is 45.7 Å². The number of thioether (sulfide) groups is 1. The molecule has 34 heavy (non-hydrogen) atoms. The van der Waals surface area contributed by atoms with Crippen LogP contribution in [-0.2, 0) is 23.6 Å². The minimum Gasteiger partial charge on any atom is -0.351 e. The Morgan fingerprint density at radius 1 is 1.21 bits per heavy atom. The smallest absolute Gasteiger partial charge is 0.259 e. The molecule has 0 radical (unpaired) electrons. The van der Waals surface area contributed by atoms with Crippen molar-refractivity contribution in [2.45, 2.75) is 58.7 Å². The van der Waals surface area contributed by atoms with E-state index in [-0.39, 0.29) is 16.7 Å². The van der Waals surface area contributed by atoms with Gasteiger partial charge in [-0.1, -0.05) is 30.3 Å².